The molecule has 0 aliphatic carbocycles. The van der Waals surface area contributed by atoms with Gasteiger partial charge in [0, 0.05) is 36.7 Å². The van der Waals surface area contributed by atoms with E-state index in [0.717, 1.165) is 42.5 Å². The van der Waals surface area contributed by atoms with Gasteiger partial charge in [-0.2, -0.15) is 4.98 Å². The fraction of sp³-hybridized carbons (Fsp3) is 0.238. The van der Waals surface area contributed by atoms with Gasteiger partial charge in [-0.25, -0.2) is 4.98 Å². The van der Waals surface area contributed by atoms with Gasteiger partial charge in [0.25, 0.3) is 0 Å². The van der Waals surface area contributed by atoms with Crippen LogP contribution in [0.25, 0.3) is 0 Å². The molecule has 0 N–H and O–H groups in total. The van der Waals surface area contributed by atoms with E-state index in [1.54, 1.807) is 0 Å². The minimum atomic E-state index is 0.782. The molecule has 2 aromatic carbocycles. The van der Waals surface area contributed by atoms with Crippen molar-refractivity contribution in [3.05, 3.63) is 71.9 Å². The SMILES string of the molecule is Cc1cc(N(C)c2ccccc2)nc(N2CCCc3ccccc32)n1. The number of aryl methyl sites for hydroxylation is 2. The van der Waals surface area contributed by atoms with Crippen molar-refractivity contribution >= 4 is 23.1 Å². The fourth-order valence-electron chi connectivity index (χ4n) is 3.35. The third kappa shape index (κ3) is 3.07. The summed E-state index contributed by atoms with van der Waals surface area (Å²) in [5, 5.41) is 0. The second-order valence-electron chi connectivity index (χ2n) is 6.45. The van der Waals surface area contributed by atoms with Gasteiger partial charge in [-0.15, -0.1) is 0 Å². The zero-order chi connectivity index (χ0) is 17.2. The molecule has 0 atom stereocenters. The molecule has 1 aliphatic rings. The first-order valence-electron chi connectivity index (χ1n) is 8.72. The minimum absolute atomic E-state index is 0.782. The van der Waals surface area contributed by atoms with E-state index in [2.05, 4.69) is 46.2 Å². The smallest absolute Gasteiger partial charge is 0.232 e. The molecule has 0 unspecified atom stereocenters. The first kappa shape index (κ1) is 15.6. The predicted molar refractivity (Wildman–Crippen MR) is 103 cm³/mol. The van der Waals surface area contributed by atoms with Crippen molar-refractivity contribution in [2.24, 2.45) is 0 Å². The van der Waals surface area contributed by atoms with Gasteiger partial charge < -0.3 is 9.80 Å². The third-order valence-electron chi connectivity index (χ3n) is 4.67. The Morgan fingerprint density at radius 3 is 2.56 bits per heavy atom. The molecule has 126 valence electrons. The van der Waals surface area contributed by atoms with Crippen molar-refractivity contribution in [1.29, 1.82) is 0 Å². The molecule has 0 saturated heterocycles. The van der Waals surface area contributed by atoms with E-state index in [0.29, 0.717) is 0 Å². The van der Waals surface area contributed by atoms with Gasteiger partial charge >= 0.3 is 0 Å². The maximum Gasteiger partial charge on any atom is 0.232 e. The fourth-order valence-corrected chi connectivity index (χ4v) is 3.35. The summed E-state index contributed by atoms with van der Waals surface area (Å²) >= 11 is 0. The lowest BCUT2D eigenvalue weighted by atomic mass is 10.0. The van der Waals surface area contributed by atoms with Crippen LogP contribution in [0, 0.1) is 6.92 Å². The average Bonchev–Trinajstić information content (AvgIpc) is 2.67. The third-order valence-corrected chi connectivity index (χ3v) is 4.67. The van der Waals surface area contributed by atoms with E-state index in [-0.39, 0.29) is 0 Å². The van der Waals surface area contributed by atoms with Crippen LogP contribution in [0.4, 0.5) is 23.1 Å². The monoisotopic (exact) mass is 330 g/mol. The molecule has 2 heterocycles. The molecule has 0 radical (unpaired) electrons. The summed E-state index contributed by atoms with van der Waals surface area (Å²) in [6.45, 7) is 2.98. The molecule has 0 saturated carbocycles. The summed E-state index contributed by atoms with van der Waals surface area (Å²) in [7, 11) is 2.05. The number of aromatic nitrogens is 2. The van der Waals surface area contributed by atoms with Crippen LogP contribution in [0.5, 0.6) is 0 Å². The largest absolute Gasteiger partial charge is 0.329 e. The van der Waals surface area contributed by atoms with Crippen LogP contribution >= 0.6 is 0 Å². The molecule has 4 rings (SSSR count). The van der Waals surface area contributed by atoms with Crippen LogP contribution in [0.1, 0.15) is 17.7 Å². The van der Waals surface area contributed by atoms with Gasteiger partial charge in [-0.1, -0.05) is 36.4 Å². The van der Waals surface area contributed by atoms with E-state index in [1.807, 2.05) is 38.2 Å². The highest BCUT2D eigenvalue weighted by Gasteiger charge is 2.21. The topological polar surface area (TPSA) is 32.3 Å². The molecular formula is C21H22N4. The van der Waals surface area contributed by atoms with E-state index < -0.39 is 0 Å². The molecule has 0 spiro atoms. The number of hydrogen-bond donors (Lipinski definition) is 0. The minimum Gasteiger partial charge on any atom is -0.329 e. The first-order chi connectivity index (χ1) is 12.2. The van der Waals surface area contributed by atoms with Crippen LogP contribution in [0.15, 0.2) is 60.7 Å². The Morgan fingerprint density at radius 2 is 1.72 bits per heavy atom. The summed E-state index contributed by atoms with van der Waals surface area (Å²) in [5.41, 5.74) is 4.70. The van der Waals surface area contributed by atoms with Crippen molar-refractivity contribution in [1.82, 2.24) is 9.97 Å². The number of benzene rings is 2. The van der Waals surface area contributed by atoms with Crippen molar-refractivity contribution in [2.75, 3.05) is 23.4 Å². The van der Waals surface area contributed by atoms with Crippen molar-refractivity contribution in [2.45, 2.75) is 19.8 Å². The number of hydrogen-bond acceptors (Lipinski definition) is 4. The Kier molecular flexibility index (Phi) is 4.10. The summed E-state index contributed by atoms with van der Waals surface area (Å²) in [6, 6.07) is 20.9. The van der Waals surface area contributed by atoms with Crippen molar-refractivity contribution in [3.8, 4) is 0 Å². The Balaban J connectivity index is 1.74. The quantitative estimate of drug-likeness (QED) is 0.700. The van der Waals surface area contributed by atoms with Gasteiger partial charge in [-0.3, -0.25) is 0 Å². The predicted octanol–water partition coefficient (Wildman–Crippen LogP) is 4.64. The lowest BCUT2D eigenvalue weighted by Gasteiger charge is -2.30. The molecular weight excluding hydrogens is 308 g/mol. The van der Waals surface area contributed by atoms with Gasteiger partial charge in [0.1, 0.15) is 5.82 Å². The lowest BCUT2D eigenvalue weighted by molar-refractivity contribution is 0.748. The van der Waals surface area contributed by atoms with Crippen LogP contribution in [0.3, 0.4) is 0 Å². The highest BCUT2D eigenvalue weighted by Crippen LogP contribution is 2.33. The second kappa shape index (κ2) is 6.55. The zero-order valence-electron chi connectivity index (χ0n) is 14.7. The van der Waals surface area contributed by atoms with Gasteiger partial charge in [-0.05, 0) is 43.5 Å². The molecule has 0 fully saturated rings. The number of para-hydroxylation sites is 2. The van der Waals surface area contributed by atoms with Crippen LogP contribution < -0.4 is 9.80 Å². The molecule has 4 nitrogen and oxygen atoms in total. The summed E-state index contributed by atoms with van der Waals surface area (Å²) in [4.78, 5) is 13.9. The Bertz CT molecular complexity index is 876. The normalized spacial score (nSPS) is 13.4. The van der Waals surface area contributed by atoms with Crippen LogP contribution in [-0.4, -0.2) is 23.6 Å². The Morgan fingerprint density at radius 1 is 0.960 bits per heavy atom. The number of rotatable bonds is 3. The maximum absolute atomic E-state index is 4.87. The number of fused-ring (bicyclic) bond motifs is 1. The van der Waals surface area contributed by atoms with Crippen molar-refractivity contribution < 1.29 is 0 Å². The summed E-state index contributed by atoms with van der Waals surface area (Å²) in [5.74, 6) is 1.70. The van der Waals surface area contributed by atoms with Crippen LogP contribution in [-0.2, 0) is 6.42 Å². The molecule has 3 aromatic rings. The number of nitrogens with zero attached hydrogens (tertiary/aromatic N) is 4. The molecule has 0 amide bonds. The number of anilines is 4. The second-order valence-corrected chi connectivity index (χ2v) is 6.45. The Labute approximate surface area is 148 Å². The molecule has 4 heteroatoms. The van der Waals surface area contributed by atoms with Gasteiger partial charge in [0.15, 0.2) is 0 Å². The van der Waals surface area contributed by atoms with Crippen molar-refractivity contribution in [3.63, 3.8) is 0 Å². The lowest BCUT2D eigenvalue weighted by Crippen LogP contribution is -2.27. The van der Waals surface area contributed by atoms with E-state index in [1.165, 1.54) is 11.3 Å². The highest BCUT2D eigenvalue weighted by atomic mass is 15.3. The van der Waals surface area contributed by atoms with E-state index in [9.17, 15) is 0 Å². The van der Waals surface area contributed by atoms with Crippen LogP contribution in [0.2, 0.25) is 0 Å². The van der Waals surface area contributed by atoms with E-state index >= 15 is 0 Å². The van der Waals surface area contributed by atoms with Gasteiger partial charge in [0.2, 0.25) is 5.95 Å². The summed E-state index contributed by atoms with van der Waals surface area (Å²) in [6.07, 6.45) is 2.24. The standard InChI is InChI=1S/C21H22N4/c1-16-15-20(24(2)18-11-4-3-5-12-18)23-21(22-16)25-14-8-10-17-9-6-7-13-19(17)25/h3-7,9,11-13,15H,8,10,14H2,1-2H3. The highest BCUT2D eigenvalue weighted by molar-refractivity contribution is 5.66. The average molecular weight is 330 g/mol. The molecule has 1 aliphatic heterocycles. The van der Waals surface area contributed by atoms with Gasteiger partial charge in [0.05, 0.1) is 0 Å². The Hall–Kier alpha value is -2.88. The summed E-state index contributed by atoms with van der Waals surface area (Å²) < 4.78 is 0. The molecule has 0 bridgehead atoms. The molecule has 25 heavy (non-hydrogen) atoms. The maximum atomic E-state index is 4.87. The first-order valence-corrected chi connectivity index (χ1v) is 8.72. The molecule has 1 aromatic heterocycles. The van der Waals surface area contributed by atoms with E-state index in [4.69, 9.17) is 9.97 Å². The zero-order valence-corrected chi connectivity index (χ0v) is 14.7.